The molecule has 4 rings (SSSR count). The summed E-state index contributed by atoms with van der Waals surface area (Å²) in [4.78, 5) is 14.1. The summed E-state index contributed by atoms with van der Waals surface area (Å²) in [5, 5.41) is 3.48. The molecule has 0 unspecified atom stereocenters. The first-order chi connectivity index (χ1) is 11.3. The average Bonchev–Trinajstić information content (AvgIpc) is 3.39. The molecule has 2 heterocycles. The van der Waals surface area contributed by atoms with Crippen LogP contribution in [-0.4, -0.2) is 42.2 Å². The SMILES string of the molecule is Cc1cc(NC2CC2)nc(N2CCN(c3ccccc3)CC2)n1. The van der Waals surface area contributed by atoms with E-state index < -0.39 is 0 Å². The standard InChI is InChI=1S/C18H23N5/c1-14-13-17(20-15-7-8-15)21-18(19-14)23-11-9-22(10-12-23)16-5-3-2-4-6-16/h2-6,13,15H,7-12H2,1H3,(H,19,20,21). The van der Waals surface area contributed by atoms with Crippen molar-refractivity contribution in [3.8, 4) is 0 Å². The van der Waals surface area contributed by atoms with Gasteiger partial charge in [0.2, 0.25) is 5.95 Å². The van der Waals surface area contributed by atoms with Crippen LogP contribution in [0.15, 0.2) is 36.4 Å². The van der Waals surface area contributed by atoms with E-state index in [1.165, 1.54) is 18.5 Å². The van der Waals surface area contributed by atoms with Crippen molar-refractivity contribution in [1.82, 2.24) is 9.97 Å². The Morgan fingerprint density at radius 2 is 1.65 bits per heavy atom. The van der Waals surface area contributed by atoms with Crippen molar-refractivity contribution in [2.75, 3.05) is 41.3 Å². The van der Waals surface area contributed by atoms with Gasteiger partial charge in [-0.25, -0.2) is 4.98 Å². The zero-order valence-corrected chi connectivity index (χ0v) is 13.6. The van der Waals surface area contributed by atoms with Gasteiger partial charge in [0, 0.05) is 49.7 Å². The predicted octanol–water partition coefficient (Wildman–Crippen LogP) is 2.69. The van der Waals surface area contributed by atoms with Gasteiger partial charge in [-0.05, 0) is 31.9 Å². The Balaban J connectivity index is 1.44. The van der Waals surface area contributed by atoms with Gasteiger partial charge < -0.3 is 15.1 Å². The van der Waals surface area contributed by atoms with E-state index in [1.807, 2.05) is 13.0 Å². The van der Waals surface area contributed by atoms with Crippen molar-refractivity contribution in [2.45, 2.75) is 25.8 Å². The number of hydrogen-bond donors (Lipinski definition) is 1. The summed E-state index contributed by atoms with van der Waals surface area (Å²) in [6.45, 7) is 5.98. The molecule has 0 bridgehead atoms. The summed E-state index contributed by atoms with van der Waals surface area (Å²) in [5.41, 5.74) is 2.33. The molecule has 0 atom stereocenters. The van der Waals surface area contributed by atoms with Crippen LogP contribution in [0.5, 0.6) is 0 Å². The number of nitrogens with one attached hydrogen (secondary N) is 1. The van der Waals surface area contributed by atoms with Crippen molar-refractivity contribution in [2.24, 2.45) is 0 Å². The highest BCUT2D eigenvalue weighted by Crippen LogP contribution is 2.25. The van der Waals surface area contributed by atoms with Crippen LogP contribution in [0.3, 0.4) is 0 Å². The Morgan fingerprint density at radius 1 is 0.957 bits per heavy atom. The minimum absolute atomic E-state index is 0.618. The van der Waals surface area contributed by atoms with Crippen LogP contribution in [0.4, 0.5) is 17.5 Å². The highest BCUT2D eigenvalue weighted by Gasteiger charge is 2.23. The van der Waals surface area contributed by atoms with E-state index >= 15 is 0 Å². The lowest BCUT2D eigenvalue weighted by atomic mass is 10.2. The van der Waals surface area contributed by atoms with E-state index in [1.54, 1.807) is 0 Å². The van der Waals surface area contributed by atoms with E-state index in [2.05, 4.69) is 50.4 Å². The summed E-state index contributed by atoms with van der Waals surface area (Å²) in [7, 11) is 0. The van der Waals surface area contributed by atoms with Gasteiger partial charge >= 0.3 is 0 Å². The second-order valence-corrected chi connectivity index (χ2v) is 6.42. The van der Waals surface area contributed by atoms with Crippen molar-refractivity contribution >= 4 is 17.5 Å². The molecule has 1 aliphatic carbocycles. The molecule has 2 aromatic rings. The van der Waals surface area contributed by atoms with E-state index in [0.717, 1.165) is 43.6 Å². The molecule has 2 aliphatic rings. The normalized spacial score (nSPS) is 18.1. The molecule has 1 aromatic heterocycles. The van der Waals surface area contributed by atoms with Crippen LogP contribution in [0.25, 0.3) is 0 Å². The van der Waals surface area contributed by atoms with Crippen molar-refractivity contribution < 1.29 is 0 Å². The molecule has 0 amide bonds. The largest absolute Gasteiger partial charge is 0.368 e. The minimum Gasteiger partial charge on any atom is -0.368 e. The van der Waals surface area contributed by atoms with Crippen LogP contribution in [0.2, 0.25) is 0 Å². The van der Waals surface area contributed by atoms with Crippen molar-refractivity contribution in [3.63, 3.8) is 0 Å². The van der Waals surface area contributed by atoms with Crippen LogP contribution in [0, 0.1) is 6.92 Å². The zero-order valence-electron chi connectivity index (χ0n) is 13.6. The predicted molar refractivity (Wildman–Crippen MR) is 94.3 cm³/mol. The molecular formula is C18H23N5. The fraction of sp³-hybridized carbons (Fsp3) is 0.444. The molecule has 23 heavy (non-hydrogen) atoms. The second-order valence-electron chi connectivity index (χ2n) is 6.42. The number of para-hydroxylation sites is 1. The van der Waals surface area contributed by atoms with Gasteiger partial charge in [0.15, 0.2) is 0 Å². The molecule has 1 N–H and O–H groups in total. The monoisotopic (exact) mass is 309 g/mol. The van der Waals surface area contributed by atoms with Crippen LogP contribution >= 0.6 is 0 Å². The van der Waals surface area contributed by atoms with E-state index in [4.69, 9.17) is 4.98 Å². The Labute approximate surface area is 137 Å². The van der Waals surface area contributed by atoms with Crippen molar-refractivity contribution in [3.05, 3.63) is 42.1 Å². The van der Waals surface area contributed by atoms with Crippen LogP contribution in [-0.2, 0) is 0 Å². The molecule has 5 heteroatoms. The highest BCUT2D eigenvalue weighted by molar-refractivity contribution is 5.49. The fourth-order valence-corrected chi connectivity index (χ4v) is 3.01. The first-order valence-corrected chi connectivity index (χ1v) is 8.45. The second kappa shape index (κ2) is 6.07. The molecule has 5 nitrogen and oxygen atoms in total. The smallest absolute Gasteiger partial charge is 0.227 e. The molecule has 1 saturated carbocycles. The van der Waals surface area contributed by atoms with Gasteiger partial charge in [-0.1, -0.05) is 18.2 Å². The van der Waals surface area contributed by atoms with Gasteiger partial charge in [-0.3, -0.25) is 0 Å². The van der Waals surface area contributed by atoms with E-state index in [0.29, 0.717) is 6.04 Å². The molecule has 2 fully saturated rings. The summed E-state index contributed by atoms with van der Waals surface area (Å²) in [6.07, 6.45) is 2.52. The molecule has 1 aromatic carbocycles. The summed E-state index contributed by atoms with van der Waals surface area (Å²) in [6, 6.07) is 13.3. The molecule has 1 aliphatic heterocycles. The number of benzene rings is 1. The van der Waals surface area contributed by atoms with Crippen LogP contribution < -0.4 is 15.1 Å². The lowest BCUT2D eigenvalue weighted by Crippen LogP contribution is -2.47. The lowest BCUT2D eigenvalue weighted by molar-refractivity contribution is 0.639. The summed E-state index contributed by atoms with van der Waals surface area (Å²) in [5.74, 6) is 1.83. The number of piperazine rings is 1. The first kappa shape index (κ1) is 14.3. The number of anilines is 3. The summed E-state index contributed by atoms with van der Waals surface area (Å²) >= 11 is 0. The Morgan fingerprint density at radius 3 is 2.35 bits per heavy atom. The molecule has 0 spiro atoms. The number of aryl methyl sites for hydroxylation is 1. The number of aromatic nitrogens is 2. The molecule has 120 valence electrons. The maximum absolute atomic E-state index is 4.72. The molecule has 1 saturated heterocycles. The van der Waals surface area contributed by atoms with Gasteiger partial charge in [0.1, 0.15) is 5.82 Å². The molecule has 0 radical (unpaired) electrons. The lowest BCUT2D eigenvalue weighted by Gasteiger charge is -2.36. The third-order valence-electron chi connectivity index (χ3n) is 4.46. The maximum Gasteiger partial charge on any atom is 0.227 e. The zero-order chi connectivity index (χ0) is 15.6. The van der Waals surface area contributed by atoms with Gasteiger partial charge in [0.25, 0.3) is 0 Å². The van der Waals surface area contributed by atoms with Gasteiger partial charge in [0.05, 0.1) is 0 Å². The average molecular weight is 309 g/mol. The number of nitrogens with zero attached hydrogens (tertiary/aromatic N) is 4. The maximum atomic E-state index is 4.72. The van der Waals surface area contributed by atoms with Gasteiger partial charge in [-0.15, -0.1) is 0 Å². The quantitative estimate of drug-likeness (QED) is 0.941. The van der Waals surface area contributed by atoms with Crippen LogP contribution in [0.1, 0.15) is 18.5 Å². The Kier molecular flexibility index (Phi) is 3.77. The van der Waals surface area contributed by atoms with E-state index in [9.17, 15) is 0 Å². The third kappa shape index (κ3) is 3.38. The number of rotatable bonds is 4. The topological polar surface area (TPSA) is 44.3 Å². The highest BCUT2D eigenvalue weighted by atomic mass is 15.3. The Bertz CT molecular complexity index is 660. The Hall–Kier alpha value is -2.30. The summed E-state index contributed by atoms with van der Waals surface area (Å²) < 4.78 is 0. The number of hydrogen-bond acceptors (Lipinski definition) is 5. The first-order valence-electron chi connectivity index (χ1n) is 8.45. The third-order valence-corrected chi connectivity index (χ3v) is 4.46. The van der Waals surface area contributed by atoms with Gasteiger partial charge in [-0.2, -0.15) is 4.98 Å². The van der Waals surface area contributed by atoms with E-state index in [-0.39, 0.29) is 0 Å². The van der Waals surface area contributed by atoms with Crippen molar-refractivity contribution in [1.29, 1.82) is 0 Å². The fourth-order valence-electron chi connectivity index (χ4n) is 3.01. The molecular weight excluding hydrogens is 286 g/mol. The minimum atomic E-state index is 0.618.